The first-order valence-corrected chi connectivity index (χ1v) is 11.1. The molecule has 1 unspecified atom stereocenters. The Labute approximate surface area is 192 Å². The van der Waals surface area contributed by atoms with Crippen LogP contribution in [0.4, 0.5) is 9.18 Å². The molecule has 0 saturated carbocycles. The molecule has 0 saturated heterocycles. The third kappa shape index (κ3) is 4.04. The summed E-state index contributed by atoms with van der Waals surface area (Å²) in [6.07, 6.45) is 0.745. The average molecular weight is 444 g/mol. The molecule has 5 rings (SSSR count). The lowest BCUT2D eigenvalue weighted by Gasteiger charge is -2.36. The fourth-order valence-corrected chi connectivity index (χ4v) is 4.59. The quantitative estimate of drug-likeness (QED) is 0.439. The Kier molecular flexibility index (Phi) is 5.50. The fraction of sp³-hybridized carbons (Fsp3) is 0.222. The summed E-state index contributed by atoms with van der Waals surface area (Å²) in [7, 11) is 1.67. The van der Waals surface area contributed by atoms with E-state index in [-0.39, 0.29) is 17.9 Å². The van der Waals surface area contributed by atoms with Crippen molar-refractivity contribution in [1.82, 2.24) is 15.2 Å². The number of nitrogens with zero attached hydrogens (tertiary/aromatic N) is 1. The van der Waals surface area contributed by atoms with Crippen molar-refractivity contribution < 1.29 is 13.9 Å². The zero-order valence-electron chi connectivity index (χ0n) is 18.7. The molecule has 2 heterocycles. The molecule has 6 heteroatoms. The Balaban J connectivity index is 1.50. The molecule has 2 N–H and O–H groups in total. The number of fused-ring (bicyclic) bond motifs is 3. The lowest BCUT2D eigenvalue weighted by Crippen LogP contribution is -2.45. The third-order valence-electron chi connectivity index (χ3n) is 6.35. The van der Waals surface area contributed by atoms with E-state index in [1.54, 1.807) is 19.2 Å². The molecular weight excluding hydrogens is 417 g/mol. The molecule has 0 bridgehead atoms. The van der Waals surface area contributed by atoms with Crippen molar-refractivity contribution in [1.29, 1.82) is 0 Å². The highest BCUT2D eigenvalue weighted by Gasteiger charge is 2.34. The van der Waals surface area contributed by atoms with Gasteiger partial charge < -0.3 is 19.9 Å². The van der Waals surface area contributed by atoms with Gasteiger partial charge in [0.25, 0.3) is 0 Å². The van der Waals surface area contributed by atoms with Crippen LogP contribution in [0.15, 0.2) is 66.7 Å². The number of aryl methyl sites for hydroxylation is 1. The second-order valence-corrected chi connectivity index (χ2v) is 8.47. The van der Waals surface area contributed by atoms with Gasteiger partial charge in [0.2, 0.25) is 0 Å². The highest BCUT2D eigenvalue weighted by molar-refractivity contribution is 5.87. The van der Waals surface area contributed by atoms with Crippen molar-refractivity contribution in [2.45, 2.75) is 25.9 Å². The number of rotatable bonds is 4. The number of hydrogen-bond donors (Lipinski definition) is 2. The standard InChI is InChI=1S/C27H26FN3O2/c1-17-3-7-19(8-4-17)26-25-22(23-15-21(33-2)11-12-24(23)30-25)13-14-31(26)27(32)29-16-18-5-9-20(28)10-6-18/h3-12,15,26,30H,13-14,16H2,1-2H3,(H,29,32). The molecule has 1 aliphatic heterocycles. The third-order valence-corrected chi connectivity index (χ3v) is 6.35. The van der Waals surface area contributed by atoms with E-state index in [9.17, 15) is 9.18 Å². The zero-order valence-corrected chi connectivity index (χ0v) is 18.7. The summed E-state index contributed by atoms with van der Waals surface area (Å²) in [5.74, 6) is 0.527. The van der Waals surface area contributed by atoms with Gasteiger partial charge in [-0.15, -0.1) is 0 Å². The van der Waals surface area contributed by atoms with Crippen LogP contribution in [0.1, 0.15) is 34.0 Å². The number of H-pyrrole nitrogens is 1. The van der Waals surface area contributed by atoms with E-state index >= 15 is 0 Å². The summed E-state index contributed by atoms with van der Waals surface area (Å²) in [5.41, 5.74) is 6.36. The molecule has 0 radical (unpaired) electrons. The first-order valence-electron chi connectivity index (χ1n) is 11.1. The molecule has 1 aromatic heterocycles. The molecular formula is C27H26FN3O2. The highest BCUT2D eigenvalue weighted by atomic mass is 19.1. The summed E-state index contributed by atoms with van der Waals surface area (Å²) in [6.45, 7) is 2.98. The number of nitrogens with one attached hydrogen (secondary N) is 2. The molecule has 4 aromatic rings. The SMILES string of the molecule is COc1ccc2[nH]c3c(c2c1)CCN(C(=O)NCc1ccc(F)cc1)C3c1ccc(C)cc1. The van der Waals surface area contributed by atoms with Crippen LogP contribution in [0.5, 0.6) is 5.75 Å². The van der Waals surface area contributed by atoms with Crippen LogP contribution < -0.4 is 10.1 Å². The lowest BCUT2D eigenvalue weighted by molar-refractivity contribution is 0.179. The summed E-state index contributed by atoms with van der Waals surface area (Å²) >= 11 is 0. The maximum atomic E-state index is 13.3. The van der Waals surface area contributed by atoms with Gasteiger partial charge >= 0.3 is 6.03 Å². The van der Waals surface area contributed by atoms with Crippen LogP contribution in [-0.2, 0) is 13.0 Å². The van der Waals surface area contributed by atoms with Crippen LogP contribution in [-0.4, -0.2) is 29.6 Å². The number of urea groups is 1. The first kappa shape index (κ1) is 21.1. The van der Waals surface area contributed by atoms with E-state index in [1.807, 2.05) is 17.0 Å². The minimum absolute atomic E-state index is 0.146. The number of methoxy groups -OCH3 is 1. The molecule has 2 amide bonds. The van der Waals surface area contributed by atoms with Gasteiger partial charge in [0.15, 0.2) is 0 Å². The molecule has 0 aliphatic carbocycles. The predicted octanol–water partition coefficient (Wildman–Crippen LogP) is 5.48. The number of aromatic nitrogens is 1. The summed E-state index contributed by atoms with van der Waals surface area (Å²) in [5, 5.41) is 4.14. The van der Waals surface area contributed by atoms with E-state index in [0.29, 0.717) is 13.1 Å². The number of carbonyl (C=O) groups is 1. The number of hydrogen-bond acceptors (Lipinski definition) is 2. The van der Waals surface area contributed by atoms with Gasteiger partial charge in [-0.1, -0.05) is 42.0 Å². The fourth-order valence-electron chi connectivity index (χ4n) is 4.59. The average Bonchev–Trinajstić information content (AvgIpc) is 3.21. The predicted molar refractivity (Wildman–Crippen MR) is 127 cm³/mol. The minimum atomic E-state index is -0.288. The lowest BCUT2D eigenvalue weighted by atomic mass is 9.92. The van der Waals surface area contributed by atoms with Crippen LogP contribution >= 0.6 is 0 Å². The van der Waals surface area contributed by atoms with E-state index in [0.717, 1.165) is 39.9 Å². The molecule has 33 heavy (non-hydrogen) atoms. The number of halogens is 1. The number of aromatic amines is 1. The highest BCUT2D eigenvalue weighted by Crippen LogP contribution is 2.39. The monoisotopic (exact) mass is 443 g/mol. The molecule has 5 nitrogen and oxygen atoms in total. The van der Waals surface area contributed by atoms with Crippen LogP contribution in [0.3, 0.4) is 0 Å². The topological polar surface area (TPSA) is 57.4 Å². The normalized spacial score (nSPS) is 15.4. The van der Waals surface area contributed by atoms with Crippen molar-refractivity contribution in [3.8, 4) is 5.75 Å². The van der Waals surface area contributed by atoms with E-state index in [2.05, 4.69) is 47.6 Å². The Hall–Kier alpha value is -3.80. The van der Waals surface area contributed by atoms with Crippen molar-refractivity contribution in [3.05, 3.63) is 100 Å². The maximum Gasteiger partial charge on any atom is 0.318 e. The van der Waals surface area contributed by atoms with Gasteiger partial charge in [0.05, 0.1) is 13.2 Å². The minimum Gasteiger partial charge on any atom is -0.497 e. The van der Waals surface area contributed by atoms with Crippen molar-refractivity contribution in [3.63, 3.8) is 0 Å². The van der Waals surface area contributed by atoms with E-state index in [4.69, 9.17) is 4.74 Å². The maximum absolute atomic E-state index is 13.3. The summed E-state index contributed by atoms with van der Waals surface area (Å²) in [4.78, 5) is 18.8. The summed E-state index contributed by atoms with van der Waals surface area (Å²) in [6, 6.07) is 20.1. The Bertz CT molecular complexity index is 1300. The Morgan fingerprint density at radius 2 is 1.88 bits per heavy atom. The van der Waals surface area contributed by atoms with Gasteiger partial charge in [-0.25, -0.2) is 9.18 Å². The largest absolute Gasteiger partial charge is 0.497 e. The molecule has 3 aromatic carbocycles. The van der Waals surface area contributed by atoms with Gasteiger partial charge in [-0.3, -0.25) is 0 Å². The van der Waals surface area contributed by atoms with Crippen LogP contribution in [0, 0.1) is 12.7 Å². The molecule has 0 fully saturated rings. The molecule has 1 aliphatic rings. The van der Waals surface area contributed by atoms with Gasteiger partial charge in [-0.2, -0.15) is 0 Å². The number of amides is 2. The number of ether oxygens (including phenoxy) is 1. The van der Waals surface area contributed by atoms with Gasteiger partial charge in [-0.05, 0) is 60.4 Å². The molecule has 1 atom stereocenters. The second-order valence-electron chi connectivity index (χ2n) is 8.47. The first-order chi connectivity index (χ1) is 16.0. The van der Waals surface area contributed by atoms with Crippen molar-refractivity contribution in [2.24, 2.45) is 0 Å². The van der Waals surface area contributed by atoms with Crippen LogP contribution in [0.2, 0.25) is 0 Å². The smallest absolute Gasteiger partial charge is 0.318 e. The van der Waals surface area contributed by atoms with Crippen LogP contribution in [0.25, 0.3) is 10.9 Å². The summed E-state index contributed by atoms with van der Waals surface area (Å²) < 4.78 is 18.6. The van der Waals surface area contributed by atoms with E-state index in [1.165, 1.54) is 23.3 Å². The van der Waals surface area contributed by atoms with Gasteiger partial charge in [0, 0.05) is 29.7 Å². The van der Waals surface area contributed by atoms with Crippen molar-refractivity contribution in [2.75, 3.05) is 13.7 Å². The van der Waals surface area contributed by atoms with Gasteiger partial charge in [0.1, 0.15) is 11.6 Å². The molecule has 0 spiro atoms. The Morgan fingerprint density at radius 3 is 2.61 bits per heavy atom. The van der Waals surface area contributed by atoms with E-state index < -0.39 is 0 Å². The van der Waals surface area contributed by atoms with Crippen molar-refractivity contribution >= 4 is 16.9 Å². The molecule has 168 valence electrons. The second kappa shape index (κ2) is 8.62. The number of carbonyl (C=O) groups excluding carboxylic acids is 1. The zero-order chi connectivity index (χ0) is 22.9. The Morgan fingerprint density at radius 1 is 1.12 bits per heavy atom. The number of benzene rings is 3.